The van der Waals surface area contributed by atoms with Crippen molar-refractivity contribution in [3.63, 3.8) is 0 Å². The fraction of sp³-hybridized carbons (Fsp3) is 0.333. The van der Waals surface area contributed by atoms with Crippen molar-refractivity contribution in [1.29, 1.82) is 0 Å². The van der Waals surface area contributed by atoms with Gasteiger partial charge in [0.05, 0.1) is 0 Å². The number of primary amides is 1. The Bertz CT molecular complexity index is 943. The normalized spacial score (nSPS) is 20.4. The third-order valence-electron chi connectivity index (χ3n) is 3.82. The second-order valence-corrected chi connectivity index (χ2v) is 7.09. The molecule has 1 aliphatic carbocycles. The topological polar surface area (TPSA) is 149 Å². The SMILES string of the molecule is CCOC1(S(=O)(=O)O)C=CC(n2c(O)cc(C)c(C(N)=O)c2=O)=CC1. The van der Waals surface area contributed by atoms with E-state index >= 15 is 0 Å². The van der Waals surface area contributed by atoms with Gasteiger partial charge in [0.2, 0.25) is 4.93 Å². The number of aryl methyl sites for hydroxylation is 1. The van der Waals surface area contributed by atoms with E-state index in [9.17, 15) is 27.7 Å². The number of pyridine rings is 1. The molecule has 1 amide bonds. The zero-order valence-electron chi connectivity index (χ0n) is 13.6. The molecule has 0 fully saturated rings. The lowest BCUT2D eigenvalue weighted by atomic mass is 10.1. The number of rotatable bonds is 5. The number of allylic oxidation sites excluding steroid dienone is 2. The molecule has 4 N–H and O–H groups in total. The smallest absolute Gasteiger partial charge is 0.299 e. The summed E-state index contributed by atoms with van der Waals surface area (Å²) in [5.74, 6) is -1.39. The van der Waals surface area contributed by atoms with E-state index in [0.29, 0.717) is 0 Å². The standard InChI is InChI=1S/C15H18N2O7S/c1-3-24-15(25(21,22)23)6-4-10(5-7-15)17-11(18)8-9(2)12(13(16)19)14(17)20/h4-6,8,18H,3,7H2,1-2H3,(H2,16,19)(H,21,22,23). The Balaban J connectivity index is 2.58. The summed E-state index contributed by atoms with van der Waals surface area (Å²) in [7, 11) is -4.58. The Hall–Kier alpha value is -2.43. The highest BCUT2D eigenvalue weighted by Crippen LogP contribution is 2.32. The lowest BCUT2D eigenvalue weighted by molar-refractivity contribution is 0.0560. The number of hydrogen-bond acceptors (Lipinski definition) is 6. The number of nitrogens with two attached hydrogens (primary N) is 1. The zero-order valence-corrected chi connectivity index (χ0v) is 14.4. The molecular formula is C15H18N2O7S. The molecule has 9 nitrogen and oxygen atoms in total. The Labute approximate surface area is 143 Å². The Morgan fingerprint density at radius 2 is 2.12 bits per heavy atom. The maximum Gasteiger partial charge on any atom is 0.299 e. The molecule has 0 saturated carbocycles. The summed E-state index contributed by atoms with van der Waals surface area (Å²) in [6.07, 6.45) is 3.28. The van der Waals surface area contributed by atoms with Crippen molar-refractivity contribution >= 4 is 21.7 Å². The molecule has 1 unspecified atom stereocenters. The van der Waals surface area contributed by atoms with Gasteiger partial charge < -0.3 is 15.6 Å². The van der Waals surface area contributed by atoms with Gasteiger partial charge in [0.15, 0.2) is 5.88 Å². The third-order valence-corrected chi connectivity index (χ3v) is 5.11. The molecular weight excluding hydrogens is 352 g/mol. The van der Waals surface area contributed by atoms with E-state index in [0.717, 1.165) is 10.6 Å². The van der Waals surface area contributed by atoms with Crippen LogP contribution in [0.15, 0.2) is 29.1 Å². The summed E-state index contributed by atoms with van der Waals surface area (Å²) in [5, 5.41) is 10.1. The first-order valence-electron chi connectivity index (χ1n) is 7.30. The minimum Gasteiger partial charge on any atom is -0.494 e. The molecule has 1 aromatic rings. The lowest BCUT2D eigenvalue weighted by Gasteiger charge is -2.29. The first-order valence-corrected chi connectivity index (χ1v) is 8.74. The van der Waals surface area contributed by atoms with Gasteiger partial charge in [-0.1, -0.05) is 6.08 Å². The average molecular weight is 370 g/mol. The molecule has 1 atom stereocenters. The van der Waals surface area contributed by atoms with Crippen molar-refractivity contribution in [3.8, 4) is 5.88 Å². The molecule has 1 aromatic heterocycles. The van der Waals surface area contributed by atoms with Crippen LogP contribution in [0.3, 0.4) is 0 Å². The molecule has 1 heterocycles. The van der Waals surface area contributed by atoms with Crippen molar-refractivity contribution < 1.29 is 27.6 Å². The van der Waals surface area contributed by atoms with Crippen LogP contribution in [0.25, 0.3) is 5.70 Å². The van der Waals surface area contributed by atoms with Crippen LogP contribution in [-0.4, -0.2) is 40.1 Å². The van der Waals surface area contributed by atoms with Gasteiger partial charge >= 0.3 is 0 Å². The van der Waals surface area contributed by atoms with Gasteiger partial charge in [-0.2, -0.15) is 8.42 Å². The number of nitrogens with zero attached hydrogens (tertiary/aromatic N) is 1. The van der Waals surface area contributed by atoms with Crippen molar-refractivity contribution in [2.75, 3.05) is 6.61 Å². The van der Waals surface area contributed by atoms with Gasteiger partial charge in [0, 0.05) is 24.8 Å². The maximum atomic E-state index is 12.5. The van der Waals surface area contributed by atoms with Gasteiger partial charge in [-0.25, -0.2) is 4.57 Å². The first kappa shape index (κ1) is 18.9. The summed E-state index contributed by atoms with van der Waals surface area (Å²) in [6.45, 7) is 3.04. The number of amides is 1. The molecule has 0 saturated heterocycles. The summed E-state index contributed by atoms with van der Waals surface area (Å²) in [4.78, 5) is 22.0. The zero-order chi connectivity index (χ0) is 19.0. The van der Waals surface area contributed by atoms with E-state index in [-0.39, 0.29) is 29.9 Å². The van der Waals surface area contributed by atoms with E-state index in [1.807, 2.05) is 0 Å². The van der Waals surface area contributed by atoms with Crippen LogP contribution in [0.4, 0.5) is 0 Å². The number of carbonyl (C=O) groups excluding carboxylic acids is 1. The highest BCUT2D eigenvalue weighted by Gasteiger charge is 2.42. The molecule has 136 valence electrons. The van der Waals surface area contributed by atoms with Gasteiger partial charge in [0.1, 0.15) is 5.56 Å². The maximum absolute atomic E-state index is 12.5. The molecule has 0 bridgehead atoms. The average Bonchev–Trinajstić information content (AvgIpc) is 2.47. The van der Waals surface area contributed by atoms with Crippen molar-refractivity contribution in [2.24, 2.45) is 5.73 Å². The van der Waals surface area contributed by atoms with E-state index in [2.05, 4.69) is 0 Å². The molecule has 2 rings (SSSR count). The third kappa shape index (κ3) is 3.23. The second kappa shape index (κ2) is 6.47. The minimum atomic E-state index is -4.58. The van der Waals surface area contributed by atoms with E-state index in [1.54, 1.807) is 6.92 Å². The van der Waals surface area contributed by atoms with E-state index in [1.165, 1.54) is 25.1 Å². The van der Waals surface area contributed by atoms with Gasteiger partial charge in [-0.3, -0.25) is 14.1 Å². The molecule has 25 heavy (non-hydrogen) atoms. The second-order valence-electron chi connectivity index (χ2n) is 5.45. The molecule has 0 radical (unpaired) electrons. The van der Waals surface area contributed by atoms with E-state index in [4.69, 9.17) is 10.5 Å². The Kier molecular flexibility index (Phi) is 4.89. The number of aromatic nitrogens is 1. The van der Waals surface area contributed by atoms with Crippen molar-refractivity contribution in [1.82, 2.24) is 4.57 Å². The van der Waals surface area contributed by atoms with Crippen LogP contribution in [0.2, 0.25) is 0 Å². The van der Waals surface area contributed by atoms with Crippen LogP contribution < -0.4 is 11.3 Å². The fourth-order valence-corrected chi connectivity index (χ4v) is 3.44. The summed E-state index contributed by atoms with van der Waals surface area (Å²) in [5.41, 5.74) is 4.41. The number of aromatic hydroxyl groups is 1. The van der Waals surface area contributed by atoms with Crippen molar-refractivity contribution in [3.05, 3.63) is 45.8 Å². The van der Waals surface area contributed by atoms with Gasteiger partial charge in [-0.15, -0.1) is 0 Å². The van der Waals surface area contributed by atoms with E-state index < -0.39 is 32.4 Å². The largest absolute Gasteiger partial charge is 0.494 e. The molecule has 10 heteroatoms. The Morgan fingerprint density at radius 1 is 1.48 bits per heavy atom. The molecule has 1 aliphatic rings. The van der Waals surface area contributed by atoms with Gasteiger partial charge in [0.25, 0.3) is 21.6 Å². The first-order chi connectivity index (χ1) is 11.5. The fourth-order valence-electron chi connectivity index (χ4n) is 2.64. The lowest BCUT2D eigenvalue weighted by Crippen LogP contribution is -2.40. The summed E-state index contributed by atoms with van der Waals surface area (Å²) < 4.78 is 38.7. The number of ether oxygens (including phenoxy) is 1. The quantitative estimate of drug-likeness (QED) is 0.634. The monoisotopic (exact) mass is 370 g/mol. The van der Waals surface area contributed by atoms with Crippen LogP contribution in [0.1, 0.15) is 29.3 Å². The predicted octanol–water partition coefficient (Wildman–Crippen LogP) is 0.383. The van der Waals surface area contributed by atoms with Crippen LogP contribution in [0.5, 0.6) is 5.88 Å². The van der Waals surface area contributed by atoms with Crippen LogP contribution >= 0.6 is 0 Å². The minimum absolute atomic E-state index is 0.0227. The Morgan fingerprint density at radius 3 is 2.56 bits per heavy atom. The van der Waals surface area contributed by atoms with Gasteiger partial charge in [-0.05, 0) is 31.6 Å². The molecule has 0 aromatic carbocycles. The number of carbonyl (C=O) groups is 1. The molecule has 0 aliphatic heterocycles. The predicted molar refractivity (Wildman–Crippen MR) is 89.6 cm³/mol. The molecule has 0 spiro atoms. The highest BCUT2D eigenvalue weighted by molar-refractivity contribution is 7.87. The summed E-state index contributed by atoms with van der Waals surface area (Å²) >= 11 is 0. The number of hydrogen-bond donors (Lipinski definition) is 3. The summed E-state index contributed by atoms with van der Waals surface area (Å²) in [6, 6.07) is 1.20. The van der Waals surface area contributed by atoms with Crippen LogP contribution in [0, 0.1) is 6.92 Å². The van der Waals surface area contributed by atoms with Crippen molar-refractivity contribution in [2.45, 2.75) is 25.2 Å². The van der Waals surface area contributed by atoms with Crippen LogP contribution in [-0.2, 0) is 14.9 Å². The highest BCUT2D eigenvalue weighted by atomic mass is 32.2.